The Morgan fingerprint density at radius 2 is 1.71 bits per heavy atom. The van der Waals surface area contributed by atoms with E-state index in [-0.39, 0.29) is 6.04 Å². The summed E-state index contributed by atoms with van der Waals surface area (Å²) in [6, 6.07) is 13.9. The maximum absolute atomic E-state index is 6.18. The van der Waals surface area contributed by atoms with Crippen LogP contribution in [0.25, 0.3) is 0 Å². The molecule has 21 heavy (non-hydrogen) atoms. The van der Waals surface area contributed by atoms with Crippen molar-refractivity contribution < 1.29 is 9.47 Å². The maximum atomic E-state index is 6.18. The monoisotopic (exact) mass is 285 g/mol. The minimum absolute atomic E-state index is 0.152. The number of rotatable bonds is 6. The molecule has 0 radical (unpaired) electrons. The fourth-order valence-electron chi connectivity index (χ4n) is 2.21. The average molecular weight is 285 g/mol. The molecule has 0 aliphatic heterocycles. The summed E-state index contributed by atoms with van der Waals surface area (Å²) >= 11 is 0. The molecule has 0 bridgehead atoms. The molecule has 0 aromatic heterocycles. The van der Waals surface area contributed by atoms with Crippen molar-refractivity contribution in [3.8, 4) is 11.5 Å². The van der Waals surface area contributed by atoms with Crippen LogP contribution in [0.4, 0.5) is 0 Å². The summed E-state index contributed by atoms with van der Waals surface area (Å²) in [5.74, 6) is 1.76. The predicted molar refractivity (Wildman–Crippen MR) is 86.0 cm³/mol. The second kappa shape index (κ2) is 7.14. The largest absolute Gasteiger partial charge is 0.494 e. The fourth-order valence-corrected chi connectivity index (χ4v) is 2.21. The molecule has 0 heterocycles. The van der Waals surface area contributed by atoms with Crippen LogP contribution in [0, 0.1) is 13.8 Å². The average Bonchev–Trinajstić information content (AvgIpc) is 2.47. The first-order chi connectivity index (χ1) is 10.1. The topological polar surface area (TPSA) is 44.5 Å². The Balaban J connectivity index is 1.96. The Morgan fingerprint density at radius 1 is 1.00 bits per heavy atom. The van der Waals surface area contributed by atoms with Gasteiger partial charge in [0.25, 0.3) is 0 Å². The van der Waals surface area contributed by atoms with Crippen LogP contribution in [0.15, 0.2) is 42.5 Å². The minimum atomic E-state index is -0.152. The van der Waals surface area contributed by atoms with Gasteiger partial charge in [0.05, 0.1) is 12.6 Å². The first-order valence-electron chi connectivity index (χ1n) is 7.28. The highest BCUT2D eigenvalue weighted by atomic mass is 16.5. The van der Waals surface area contributed by atoms with Gasteiger partial charge >= 0.3 is 0 Å². The third-order valence-corrected chi connectivity index (χ3v) is 3.37. The van der Waals surface area contributed by atoms with E-state index in [4.69, 9.17) is 15.2 Å². The van der Waals surface area contributed by atoms with E-state index in [1.807, 2.05) is 50.2 Å². The summed E-state index contributed by atoms with van der Waals surface area (Å²) in [5.41, 5.74) is 9.59. The Labute approximate surface area is 126 Å². The van der Waals surface area contributed by atoms with Crippen molar-refractivity contribution in [2.24, 2.45) is 5.73 Å². The van der Waals surface area contributed by atoms with Crippen LogP contribution in [-0.4, -0.2) is 13.2 Å². The molecular formula is C18H23NO2. The number of hydrogen-bond acceptors (Lipinski definition) is 3. The Morgan fingerprint density at radius 3 is 2.33 bits per heavy atom. The third-order valence-electron chi connectivity index (χ3n) is 3.37. The van der Waals surface area contributed by atoms with Gasteiger partial charge < -0.3 is 15.2 Å². The van der Waals surface area contributed by atoms with Crippen molar-refractivity contribution >= 4 is 0 Å². The van der Waals surface area contributed by atoms with Gasteiger partial charge in [0.1, 0.15) is 18.1 Å². The van der Waals surface area contributed by atoms with Crippen molar-refractivity contribution in [2.45, 2.75) is 26.8 Å². The molecule has 0 aliphatic rings. The van der Waals surface area contributed by atoms with Crippen molar-refractivity contribution in [3.63, 3.8) is 0 Å². The van der Waals surface area contributed by atoms with Crippen LogP contribution >= 0.6 is 0 Å². The van der Waals surface area contributed by atoms with E-state index in [9.17, 15) is 0 Å². The Kier molecular flexibility index (Phi) is 5.23. The van der Waals surface area contributed by atoms with Crippen LogP contribution in [0.2, 0.25) is 0 Å². The minimum Gasteiger partial charge on any atom is -0.494 e. The van der Waals surface area contributed by atoms with Crippen molar-refractivity contribution in [3.05, 3.63) is 59.2 Å². The van der Waals surface area contributed by atoms with Gasteiger partial charge in [-0.1, -0.05) is 29.8 Å². The molecule has 2 N–H and O–H groups in total. The first-order valence-corrected chi connectivity index (χ1v) is 7.28. The molecule has 112 valence electrons. The van der Waals surface area contributed by atoms with Gasteiger partial charge in [0.2, 0.25) is 0 Å². The van der Waals surface area contributed by atoms with Crippen LogP contribution in [0.5, 0.6) is 11.5 Å². The Hall–Kier alpha value is -2.00. The molecule has 0 fully saturated rings. The second-order valence-corrected chi connectivity index (χ2v) is 5.19. The lowest BCUT2D eigenvalue weighted by molar-refractivity contribution is 0.288. The van der Waals surface area contributed by atoms with Gasteiger partial charge in [-0.2, -0.15) is 0 Å². The van der Waals surface area contributed by atoms with Gasteiger partial charge in [-0.15, -0.1) is 0 Å². The molecule has 0 saturated carbocycles. The predicted octanol–water partition coefficient (Wildman–Crippen LogP) is 3.78. The van der Waals surface area contributed by atoms with E-state index in [1.165, 1.54) is 5.56 Å². The standard InChI is InChI=1S/C18H23NO2/c1-4-20-16-8-6-15(7-9-16)17(19)12-21-18-10-5-13(2)11-14(18)3/h5-11,17H,4,12,19H2,1-3H3. The molecule has 1 atom stereocenters. The Bertz CT molecular complexity index is 578. The van der Waals surface area contributed by atoms with Crippen LogP contribution in [0.3, 0.4) is 0 Å². The van der Waals surface area contributed by atoms with E-state index < -0.39 is 0 Å². The number of ether oxygens (including phenoxy) is 2. The lowest BCUT2D eigenvalue weighted by atomic mass is 10.1. The molecule has 3 nitrogen and oxygen atoms in total. The zero-order chi connectivity index (χ0) is 15.2. The summed E-state index contributed by atoms with van der Waals surface area (Å²) in [6.45, 7) is 7.21. The SMILES string of the molecule is CCOc1ccc(C(N)COc2ccc(C)cc2C)cc1. The van der Waals surface area contributed by atoms with Crippen LogP contribution in [0.1, 0.15) is 29.7 Å². The number of nitrogens with two attached hydrogens (primary N) is 1. The van der Waals surface area contributed by atoms with Gasteiger partial charge in [-0.25, -0.2) is 0 Å². The lowest BCUT2D eigenvalue weighted by Crippen LogP contribution is -2.19. The van der Waals surface area contributed by atoms with Crippen molar-refractivity contribution in [2.75, 3.05) is 13.2 Å². The van der Waals surface area contributed by atoms with Crippen LogP contribution in [-0.2, 0) is 0 Å². The van der Waals surface area contributed by atoms with Crippen molar-refractivity contribution in [1.82, 2.24) is 0 Å². The van der Waals surface area contributed by atoms with Crippen molar-refractivity contribution in [1.29, 1.82) is 0 Å². The summed E-state index contributed by atoms with van der Waals surface area (Å²) < 4.78 is 11.3. The molecular weight excluding hydrogens is 262 g/mol. The van der Waals surface area contributed by atoms with E-state index in [0.717, 1.165) is 22.6 Å². The normalized spacial score (nSPS) is 12.0. The summed E-state index contributed by atoms with van der Waals surface area (Å²) in [4.78, 5) is 0. The molecule has 0 saturated heterocycles. The van der Waals surface area contributed by atoms with E-state index in [2.05, 4.69) is 13.0 Å². The maximum Gasteiger partial charge on any atom is 0.122 e. The summed E-state index contributed by atoms with van der Waals surface area (Å²) in [5, 5.41) is 0. The van der Waals surface area contributed by atoms with Gasteiger partial charge in [-0.3, -0.25) is 0 Å². The highest BCUT2D eigenvalue weighted by Crippen LogP contribution is 2.21. The molecule has 0 aliphatic carbocycles. The highest BCUT2D eigenvalue weighted by Gasteiger charge is 2.08. The van der Waals surface area contributed by atoms with E-state index in [1.54, 1.807) is 0 Å². The zero-order valence-electron chi connectivity index (χ0n) is 12.9. The molecule has 2 rings (SSSR count). The number of hydrogen-bond donors (Lipinski definition) is 1. The smallest absolute Gasteiger partial charge is 0.122 e. The third kappa shape index (κ3) is 4.23. The van der Waals surface area contributed by atoms with E-state index >= 15 is 0 Å². The molecule has 0 spiro atoms. The summed E-state index contributed by atoms with van der Waals surface area (Å²) in [6.07, 6.45) is 0. The van der Waals surface area contributed by atoms with Gasteiger partial charge in [0.15, 0.2) is 0 Å². The van der Waals surface area contributed by atoms with Gasteiger partial charge in [0, 0.05) is 0 Å². The number of benzene rings is 2. The van der Waals surface area contributed by atoms with Gasteiger partial charge in [-0.05, 0) is 50.1 Å². The van der Waals surface area contributed by atoms with Crippen LogP contribution < -0.4 is 15.2 Å². The molecule has 1 unspecified atom stereocenters. The lowest BCUT2D eigenvalue weighted by Gasteiger charge is -2.15. The second-order valence-electron chi connectivity index (χ2n) is 5.19. The molecule has 2 aromatic carbocycles. The highest BCUT2D eigenvalue weighted by molar-refractivity contribution is 5.36. The first kappa shape index (κ1) is 15.4. The number of aryl methyl sites for hydroxylation is 2. The molecule has 3 heteroatoms. The zero-order valence-corrected chi connectivity index (χ0v) is 12.9. The summed E-state index contributed by atoms with van der Waals surface area (Å²) in [7, 11) is 0. The molecule has 0 amide bonds. The quantitative estimate of drug-likeness (QED) is 0.878. The fraction of sp³-hybridized carbons (Fsp3) is 0.333. The van der Waals surface area contributed by atoms with E-state index in [0.29, 0.717) is 13.2 Å². The molecule has 2 aromatic rings.